The lowest BCUT2D eigenvalue weighted by molar-refractivity contribution is 0.0963. The van der Waals surface area contributed by atoms with E-state index in [9.17, 15) is 4.79 Å². The van der Waals surface area contributed by atoms with Crippen LogP contribution in [-0.2, 0) is 0 Å². The molecule has 0 saturated carbocycles. The Hall–Kier alpha value is -1.68. The third-order valence-corrected chi connectivity index (χ3v) is 1.68. The first kappa shape index (κ1) is 14.3. The zero-order valence-corrected chi connectivity index (χ0v) is 9.90. The quantitative estimate of drug-likeness (QED) is 0.736. The highest BCUT2D eigenvalue weighted by atomic mass is 16.2. The molecule has 16 heavy (non-hydrogen) atoms. The Morgan fingerprint density at radius 3 is 2.31 bits per heavy atom. The van der Waals surface area contributed by atoms with Crippen molar-refractivity contribution >= 4 is 12.1 Å². The van der Waals surface area contributed by atoms with E-state index in [2.05, 4.69) is 10.3 Å². The van der Waals surface area contributed by atoms with Crippen LogP contribution in [0, 0.1) is 0 Å². The van der Waals surface area contributed by atoms with Crippen molar-refractivity contribution in [1.82, 2.24) is 5.32 Å². The number of hydrogen-bond acceptors (Lipinski definition) is 3. The highest BCUT2D eigenvalue weighted by molar-refractivity contribution is 5.94. The fourth-order valence-electron chi connectivity index (χ4n) is 1.01. The Balaban J connectivity index is 0.000000673. The van der Waals surface area contributed by atoms with Crippen molar-refractivity contribution in [2.24, 2.45) is 4.99 Å². The molecular weight excluding hydrogens is 204 g/mol. The minimum atomic E-state index is -0.0695. The predicted molar refractivity (Wildman–Crippen MR) is 66.1 cm³/mol. The van der Waals surface area contributed by atoms with Crippen LogP contribution in [0.1, 0.15) is 22.8 Å². The SMILES string of the molecule is CCO.CN=Cc1ccc(C(=O)NC)cc1. The van der Waals surface area contributed by atoms with Crippen LogP contribution in [-0.4, -0.2) is 37.9 Å². The van der Waals surface area contributed by atoms with Gasteiger partial charge in [-0.1, -0.05) is 12.1 Å². The third-order valence-electron chi connectivity index (χ3n) is 1.68. The van der Waals surface area contributed by atoms with Gasteiger partial charge in [-0.05, 0) is 24.6 Å². The van der Waals surface area contributed by atoms with E-state index in [4.69, 9.17) is 5.11 Å². The zero-order valence-electron chi connectivity index (χ0n) is 9.90. The first-order valence-corrected chi connectivity index (χ1v) is 5.04. The summed E-state index contributed by atoms with van der Waals surface area (Å²) in [5, 5.41) is 10.1. The monoisotopic (exact) mass is 222 g/mol. The molecule has 0 aromatic heterocycles. The maximum Gasteiger partial charge on any atom is 0.251 e. The van der Waals surface area contributed by atoms with Crippen LogP contribution in [0.5, 0.6) is 0 Å². The normalized spacial score (nSPS) is 9.50. The topological polar surface area (TPSA) is 61.7 Å². The minimum absolute atomic E-state index is 0.0695. The van der Waals surface area contributed by atoms with Gasteiger partial charge in [0.2, 0.25) is 0 Å². The van der Waals surface area contributed by atoms with Crippen molar-refractivity contribution in [3.05, 3.63) is 35.4 Å². The van der Waals surface area contributed by atoms with Gasteiger partial charge < -0.3 is 10.4 Å². The number of aliphatic hydroxyl groups is 1. The molecule has 1 amide bonds. The Labute approximate surface area is 96.0 Å². The van der Waals surface area contributed by atoms with E-state index in [-0.39, 0.29) is 12.5 Å². The standard InChI is InChI=1S/C10H12N2O.C2H6O/c1-11-7-8-3-5-9(6-4-8)10(13)12-2;1-2-3/h3-7H,1-2H3,(H,12,13);3H,2H2,1H3. The number of carbonyl (C=O) groups excluding carboxylic acids is 1. The van der Waals surface area contributed by atoms with Gasteiger partial charge in [-0.2, -0.15) is 0 Å². The molecule has 4 heteroatoms. The van der Waals surface area contributed by atoms with E-state index in [1.165, 1.54) is 0 Å². The molecule has 1 aromatic rings. The zero-order chi connectivity index (χ0) is 12.4. The number of nitrogens with zero attached hydrogens (tertiary/aromatic N) is 1. The van der Waals surface area contributed by atoms with E-state index in [1.807, 2.05) is 12.1 Å². The van der Waals surface area contributed by atoms with Gasteiger partial charge in [0, 0.05) is 32.5 Å². The van der Waals surface area contributed by atoms with Gasteiger partial charge in [-0.25, -0.2) is 0 Å². The summed E-state index contributed by atoms with van der Waals surface area (Å²) in [6, 6.07) is 7.26. The highest BCUT2D eigenvalue weighted by Crippen LogP contribution is 2.01. The fourth-order valence-corrected chi connectivity index (χ4v) is 1.01. The number of nitrogens with one attached hydrogen (secondary N) is 1. The smallest absolute Gasteiger partial charge is 0.251 e. The highest BCUT2D eigenvalue weighted by Gasteiger charge is 2.00. The molecule has 0 saturated heterocycles. The summed E-state index contributed by atoms with van der Waals surface area (Å²) in [7, 11) is 3.33. The van der Waals surface area contributed by atoms with Crippen molar-refractivity contribution in [2.75, 3.05) is 20.7 Å². The van der Waals surface area contributed by atoms with Gasteiger partial charge in [0.05, 0.1) is 0 Å². The molecule has 1 aromatic carbocycles. The molecule has 0 aliphatic carbocycles. The number of aliphatic imine (C=N–C) groups is 1. The lowest BCUT2D eigenvalue weighted by Crippen LogP contribution is -2.17. The van der Waals surface area contributed by atoms with E-state index >= 15 is 0 Å². The van der Waals surface area contributed by atoms with Crippen LogP contribution in [0.4, 0.5) is 0 Å². The number of benzene rings is 1. The molecule has 0 radical (unpaired) electrons. The number of aliphatic hydroxyl groups excluding tert-OH is 1. The summed E-state index contributed by atoms with van der Waals surface area (Å²) in [5.41, 5.74) is 1.66. The summed E-state index contributed by atoms with van der Waals surface area (Å²) in [4.78, 5) is 15.0. The van der Waals surface area contributed by atoms with Crippen LogP contribution in [0.25, 0.3) is 0 Å². The Morgan fingerprint density at radius 2 is 1.94 bits per heavy atom. The van der Waals surface area contributed by atoms with Crippen LogP contribution in [0.2, 0.25) is 0 Å². The molecule has 0 atom stereocenters. The average molecular weight is 222 g/mol. The maximum absolute atomic E-state index is 11.1. The Kier molecular flexibility index (Phi) is 7.71. The van der Waals surface area contributed by atoms with Gasteiger partial charge in [-0.3, -0.25) is 9.79 Å². The van der Waals surface area contributed by atoms with Gasteiger partial charge in [0.15, 0.2) is 0 Å². The molecule has 0 aliphatic heterocycles. The lowest BCUT2D eigenvalue weighted by Gasteiger charge is -1.98. The largest absolute Gasteiger partial charge is 0.397 e. The van der Waals surface area contributed by atoms with Crippen LogP contribution >= 0.6 is 0 Å². The van der Waals surface area contributed by atoms with Crippen molar-refractivity contribution in [1.29, 1.82) is 0 Å². The lowest BCUT2D eigenvalue weighted by atomic mass is 10.1. The van der Waals surface area contributed by atoms with Crippen LogP contribution in [0.15, 0.2) is 29.3 Å². The van der Waals surface area contributed by atoms with Crippen molar-refractivity contribution in [3.8, 4) is 0 Å². The van der Waals surface area contributed by atoms with Gasteiger partial charge in [0.1, 0.15) is 0 Å². The van der Waals surface area contributed by atoms with Crippen molar-refractivity contribution in [3.63, 3.8) is 0 Å². The van der Waals surface area contributed by atoms with E-state index in [0.717, 1.165) is 5.56 Å². The van der Waals surface area contributed by atoms with Gasteiger partial charge in [-0.15, -0.1) is 0 Å². The molecule has 4 nitrogen and oxygen atoms in total. The number of rotatable bonds is 2. The maximum atomic E-state index is 11.1. The minimum Gasteiger partial charge on any atom is -0.397 e. The second kappa shape index (κ2) is 8.61. The van der Waals surface area contributed by atoms with Crippen molar-refractivity contribution < 1.29 is 9.90 Å². The molecule has 2 N–H and O–H groups in total. The summed E-state index contributed by atoms with van der Waals surface area (Å²) in [6.07, 6.45) is 1.74. The second-order valence-corrected chi connectivity index (χ2v) is 2.90. The summed E-state index contributed by atoms with van der Waals surface area (Å²) in [5.74, 6) is -0.0695. The molecule has 0 spiro atoms. The van der Waals surface area contributed by atoms with Crippen LogP contribution in [0.3, 0.4) is 0 Å². The predicted octanol–water partition coefficient (Wildman–Crippen LogP) is 1.09. The Morgan fingerprint density at radius 1 is 1.44 bits per heavy atom. The molecule has 0 aliphatic rings. The van der Waals surface area contributed by atoms with E-state index in [0.29, 0.717) is 5.56 Å². The first-order valence-electron chi connectivity index (χ1n) is 5.04. The molecule has 0 fully saturated rings. The molecule has 0 heterocycles. The van der Waals surface area contributed by atoms with E-state index in [1.54, 1.807) is 39.4 Å². The van der Waals surface area contributed by atoms with Gasteiger partial charge in [0.25, 0.3) is 5.91 Å². The fraction of sp³-hybridized carbons (Fsp3) is 0.333. The average Bonchev–Trinajstić information content (AvgIpc) is 2.30. The molecule has 0 bridgehead atoms. The molecular formula is C12H18N2O2. The van der Waals surface area contributed by atoms with E-state index < -0.39 is 0 Å². The third kappa shape index (κ3) is 5.26. The number of carbonyl (C=O) groups is 1. The summed E-state index contributed by atoms with van der Waals surface area (Å²) in [6.45, 7) is 1.93. The first-order chi connectivity index (χ1) is 7.69. The molecule has 88 valence electrons. The number of amides is 1. The summed E-state index contributed by atoms with van der Waals surface area (Å²) >= 11 is 0. The summed E-state index contributed by atoms with van der Waals surface area (Å²) < 4.78 is 0. The Bertz CT molecular complexity index is 331. The van der Waals surface area contributed by atoms with Crippen molar-refractivity contribution in [2.45, 2.75) is 6.92 Å². The second-order valence-electron chi connectivity index (χ2n) is 2.90. The van der Waals surface area contributed by atoms with Gasteiger partial charge >= 0.3 is 0 Å². The number of hydrogen-bond donors (Lipinski definition) is 2. The van der Waals surface area contributed by atoms with Crippen LogP contribution < -0.4 is 5.32 Å². The molecule has 0 unspecified atom stereocenters. The molecule has 1 rings (SSSR count).